The van der Waals surface area contributed by atoms with Crippen LogP contribution in [0.5, 0.6) is 5.75 Å². The molecular formula is C21H18F3N3O3. The molecule has 2 aromatic carbocycles. The van der Waals surface area contributed by atoms with Crippen molar-refractivity contribution in [3.8, 4) is 17.1 Å². The van der Waals surface area contributed by atoms with Crippen molar-refractivity contribution in [3.63, 3.8) is 0 Å². The third-order valence-corrected chi connectivity index (χ3v) is 4.97. The van der Waals surface area contributed by atoms with E-state index in [1.807, 2.05) is 32.0 Å². The number of aryl methyl sites for hydroxylation is 2. The fourth-order valence-corrected chi connectivity index (χ4v) is 3.64. The van der Waals surface area contributed by atoms with Gasteiger partial charge in [0.05, 0.1) is 5.92 Å². The molecule has 1 saturated heterocycles. The number of rotatable bonds is 4. The number of aromatic nitrogens is 2. The maximum absolute atomic E-state index is 12.6. The van der Waals surface area contributed by atoms with Crippen molar-refractivity contribution in [2.75, 3.05) is 11.4 Å². The minimum absolute atomic E-state index is 0.0224. The van der Waals surface area contributed by atoms with Crippen LogP contribution in [0.15, 0.2) is 47.0 Å². The number of benzene rings is 2. The number of ether oxygens (including phenoxy) is 1. The van der Waals surface area contributed by atoms with Crippen LogP contribution in [-0.2, 0) is 4.79 Å². The standard InChI is InChI=1S/C21H18F3N3O3/c1-12-4-3-5-13(2)18(12)27-11-15(10-17(27)28)20-25-19(26-30-20)14-6-8-16(9-7-14)29-21(22,23)24/h3-9,15H,10-11H2,1-2H3. The van der Waals surface area contributed by atoms with E-state index in [4.69, 9.17) is 4.52 Å². The molecule has 0 spiro atoms. The number of nitrogens with zero attached hydrogens (tertiary/aromatic N) is 3. The van der Waals surface area contributed by atoms with Gasteiger partial charge in [-0.1, -0.05) is 23.4 Å². The molecule has 9 heteroatoms. The summed E-state index contributed by atoms with van der Waals surface area (Å²) >= 11 is 0. The molecule has 1 unspecified atom stereocenters. The van der Waals surface area contributed by atoms with Crippen LogP contribution in [0.2, 0.25) is 0 Å². The molecule has 1 atom stereocenters. The summed E-state index contributed by atoms with van der Waals surface area (Å²) in [6.45, 7) is 4.34. The highest BCUT2D eigenvalue weighted by molar-refractivity contribution is 5.97. The number of amides is 1. The molecule has 6 nitrogen and oxygen atoms in total. The summed E-state index contributed by atoms with van der Waals surface area (Å²) in [7, 11) is 0. The van der Waals surface area contributed by atoms with E-state index in [1.54, 1.807) is 4.90 Å². The molecule has 0 N–H and O–H groups in total. The molecule has 1 aliphatic rings. The third-order valence-electron chi connectivity index (χ3n) is 4.97. The molecule has 4 rings (SSSR count). The van der Waals surface area contributed by atoms with E-state index >= 15 is 0 Å². The topological polar surface area (TPSA) is 68.5 Å². The molecule has 156 valence electrons. The van der Waals surface area contributed by atoms with E-state index in [1.165, 1.54) is 24.3 Å². The Morgan fingerprint density at radius 1 is 1.10 bits per heavy atom. The summed E-state index contributed by atoms with van der Waals surface area (Å²) < 4.78 is 46.1. The minimum atomic E-state index is -4.75. The van der Waals surface area contributed by atoms with Gasteiger partial charge in [0.1, 0.15) is 5.75 Å². The lowest BCUT2D eigenvalue weighted by Gasteiger charge is -2.21. The minimum Gasteiger partial charge on any atom is -0.406 e. The van der Waals surface area contributed by atoms with Gasteiger partial charge < -0.3 is 14.2 Å². The number of alkyl halides is 3. The maximum atomic E-state index is 12.6. The molecule has 0 radical (unpaired) electrons. The lowest BCUT2D eigenvalue weighted by Crippen LogP contribution is -2.26. The average molecular weight is 417 g/mol. The zero-order valence-corrected chi connectivity index (χ0v) is 16.2. The molecule has 2 heterocycles. The van der Waals surface area contributed by atoms with Crippen LogP contribution in [-0.4, -0.2) is 29.0 Å². The first-order valence-corrected chi connectivity index (χ1v) is 9.27. The molecule has 1 amide bonds. The zero-order valence-electron chi connectivity index (χ0n) is 16.2. The zero-order chi connectivity index (χ0) is 21.5. The van der Waals surface area contributed by atoms with Gasteiger partial charge in [-0.3, -0.25) is 4.79 Å². The largest absolute Gasteiger partial charge is 0.573 e. The highest BCUT2D eigenvalue weighted by Gasteiger charge is 2.36. The molecule has 0 bridgehead atoms. The van der Waals surface area contributed by atoms with Gasteiger partial charge in [0.15, 0.2) is 0 Å². The van der Waals surface area contributed by atoms with Gasteiger partial charge >= 0.3 is 6.36 Å². The van der Waals surface area contributed by atoms with Crippen LogP contribution >= 0.6 is 0 Å². The SMILES string of the molecule is Cc1cccc(C)c1N1CC(c2nc(-c3ccc(OC(F)(F)F)cc3)no2)CC1=O. The number of hydrogen-bond donors (Lipinski definition) is 0. The van der Waals surface area contributed by atoms with Crippen LogP contribution < -0.4 is 9.64 Å². The highest BCUT2D eigenvalue weighted by atomic mass is 19.4. The van der Waals surface area contributed by atoms with Crippen molar-refractivity contribution in [3.05, 3.63) is 59.5 Å². The molecular weight excluding hydrogens is 399 g/mol. The van der Waals surface area contributed by atoms with E-state index in [9.17, 15) is 18.0 Å². The summed E-state index contributed by atoms with van der Waals surface area (Å²) in [6.07, 6.45) is -4.51. The lowest BCUT2D eigenvalue weighted by atomic mass is 10.1. The Balaban J connectivity index is 1.51. The van der Waals surface area contributed by atoms with Crippen molar-refractivity contribution >= 4 is 11.6 Å². The van der Waals surface area contributed by atoms with E-state index < -0.39 is 6.36 Å². The molecule has 30 heavy (non-hydrogen) atoms. The number of anilines is 1. The summed E-state index contributed by atoms with van der Waals surface area (Å²) in [5, 5.41) is 3.91. The summed E-state index contributed by atoms with van der Waals surface area (Å²) in [5.41, 5.74) is 3.40. The van der Waals surface area contributed by atoms with Crippen molar-refractivity contribution in [2.45, 2.75) is 32.5 Å². The fraction of sp³-hybridized carbons (Fsp3) is 0.286. The Labute approximate surface area is 170 Å². The van der Waals surface area contributed by atoms with Crippen LogP contribution in [0.4, 0.5) is 18.9 Å². The van der Waals surface area contributed by atoms with Crippen molar-refractivity contribution in [2.24, 2.45) is 0 Å². The molecule has 1 aliphatic heterocycles. The van der Waals surface area contributed by atoms with E-state index in [0.29, 0.717) is 18.0 Å². The molecule has 0 saturated carbocycles. The molecule has 1 fully saturated rings. The Morgan fingerprint density at radius 2 is 1.77 bits per heavy atom. The Kier molecular flexibility index (Phi) is 4.97. The second-order valence-corrected chi connectivity index (χ2v) is 7.17. The molecule has 0 aliphatic carbocycles. The first-order chi connectivity index (χ1) is 14.2. The normalized spacial score (nSPS) is 16.9. The predicted molar refractivity (Wildman–Crippen MR) is 102 cm³/mol. The van der Waals surface area contributed by atoms with Crippen molar-refractivity contribution < 1.29 is 27.2 Å². The maximum Gasteiger partial charge on any atom is 0.573 e. The number of carbonyl (C=O) groups excluding carboxylic acids is 1. The smallest absolute Gasteiger partial charge is 0.406 e. The number of hydrogen-bond acceptors (Lipinski definition) is 5. The van der Waals surface area contributed by atoms with Crippen LogP contribution in [0.1, 0.15) is 29.4 Å². The number of halogens is 3. The number of carbonyl (C=O) groups is 1. The van der Waals surface area contributed by atoms with Crippen LogP contribution in [0, 0.1) is 13.8 Å². The Bertz CT molecular complexity index is 1060. The fourth-order valence-electron chi connectivity index (χ4n) is 3.64. The van der Waals surface area contributed by atoms with Gasteiger partial charge in [-0.15, -0.1) is 13.2 Å². The second-order valence-electron chi connectivity index (χ2n) is 7.17. The summed E-state index contributed by atoms with van der Waals surface area (Å²) in [6, 6.07) is 11.1. The number of para-hydroxylation sites is 1. The van der Waals surface area contributed by atoms with E-state index in [0.717, 1.165) is 16.8 Å². The first kappa shape index (κ1) is 19.9. The van der Waals surface area contributed by atoms with Crippen LogP contribution in [0.3, 0.4) is 0 Å². The monoisotopic (exact) mass is 417 g/mol. The third kappa shape index (κ3) is 4.00. The molecule has 1 aromatic heterocycles. The van der Waals surface area contributed by atoms with Crippen molar-refractivity contribution in [1.29, 1.82) is 0 Å². The van der Waals surface area contributed by atoms with E-state index in [2.05, 4.69) is 14.9 Å². The predicted octanol–water partition coefficient (Wildman–Crippen LogP) is 4.77. The van der Waals surface area contributed by atoms with Gasteiger partial charge in [-0.25, -0.2) is 0 Å². The molecule has 3 aromatic rings. The Hall–Kier alpha value is -3.36. The summed E-state index contributed by atoms with van der Waals surface area (Å²) in [4.78, 5) is 18.7. The van der Waals surface area contributed by atoms with Gasteiger partial charge in [0.2, 0.25) is 17.6 Å². The Morgan fingerprint density at radius 3 is 2.40 bits per heavy atom. The lowest BCUT2D eigenvalue weighted by molar-refractivity contribution is -0.274. The summed E-state index contributed by atoms with van der Waals surface area (Å²) in [5.74, 6) is -0.0544. The van der Waals surface area contributed by atoms with Crippen molar-refractivity contribution in [1.82, 2.24) is 10.1 Å². The van der Waals surface area contributed by atoms with Gasteiger partial charge in [0, 0.05) is 24.2 Å². The highest BCUT2D eigenvalue weighted by Crippen LogP contribution is 2.35. The van der Waals surface area contributed by atoms with E-state index in [-0.39, 0.29) is 29.8 Å². The van der Waals surface area contributed by atoms with Crippen LogP contribution in [0.25, 0.3) is 11.4 Å². The van der Waals surface area contributed by atoms with Gasteiger partial charge in [-0.05, 0) is 49.2 Å². The second kappa shape index (κ2) is 7.47. The van der Waals surface area contributed by atoms with Gasteiger partial charge in [-0.2, -0.15) is 4.98 Å². The first-order valence-electron chi connectivity index (χ1n) is 9.27. The average Bonchev–Trinajstić information content (AvgIpc) is 3.28. The van der Waals surface area contributed by atoms with Gasteiger partial charge in [0.25, 0.3) is 0 Å². The quantitative estimate of drug-likeness (QED) is 0.612.